The summed E-state index contributed by atoms with van der Waals surface area (Å²) < 4.78 is 0. The van der Waals surface area contributed by atoms with Crippen LogP contribution in [-0.4, -0.2) is 11.2 Å². The average molecular weight is 170 g/mol. The molecule has 1 nitrogen and oxygen atoms in total. The number of hydrogen-bond acceptors (Lipinski definition) is 1. The van der Waals surface area contributed by atoms with Crippen molar-refractivity contribution in [3.8, 4) is 0 Å². The van der Waals surface area contributed by atoms with Gasteiger partial charge < -0.3 is 5.11 Å². The van der Waals surface area contributed by atoms with Gasteiger partial charge in [0.15, 0.2) is 0 Å². The van der Waals surface area contributed by atoms with Gasteiger partial charge in [0.05, 0.1) is 6.10 Å². The SMILES string of the molecule is CCCC[C@@H]1CCCCC[C@@H]1O. The zero-order valence-electron chi connectivity index (χ0n) is 8.26. The lowest BCUT2D eigenvalue weighted by Gasteiger charge is -2.19. The zero-order chi connectivity index (χ0) is 8.81. The highest BCUT2D eigenvalue weighted by atomic mass is 16.3. The Balaban J connectivity index is 2.26. The number of rotatable bonds is 3. The fourth-order valence-corrected chi connectivity index (χ4v) is 2.17. The standard InChI is InChI=1S/C11H22O/c1-2-3-7-10-8-5-4-6-9-11(10)12/h10-12H,2-9H2,1H3/t10-,11+/m1/s1. The highest BCUT2D eigenvalue weighted by Gasteiger charge is 2.20. The first kappa shape index (κ1) is 10.0. The van der Waals surface area contributed by atoms with Crippen LogP contribution in [0.5, 0.6) is 0 Å². The van der Waals surface area contributed by atoms with Crippen LogP contribution < -0.4 is 0 Å². The van der Waals surface area contributed by atoms with Crippen molar-refractivity contribution in [3.63, 3.8) is 0 Å². The van der Waals surface area contributed by atoms with Gasteiger partial charge in [0, 0.05) is 0 Å². The normalized spacial score (nSPS) is 31.5. The molecule has 1 aliphatic carbocycles. The van der Waals surface area contributed by atoms with Crippen LogP contribution in [0.3, 0.4) is 0 Å². The average Bonchev–Trinajstić information content (AvgIpc) is 2.27. The lowest BCUT2D eigenvalue weighted by molar-refractivity contribution is 0.0945. The third-order valence-electron chi connectivity index (χ3n) is 3.05. The molecule has 72 valence electrons. The van der Waals surface area contributed by atoms with Crippen LogP contribution in [0.25, 0.3) is 0 Å². The Bertz CT molecular complexity index is 112. The smallest absolute Gasteiger partial charge is 0.0568 e. The second-order valence-corrected chi connectivity index (χ2v) is 4.11. The molecule has 0 saturated heterocycles. The third-order valence-corrected chi connectivity index (χ3v) is 3.05. The molecular formula is C11H22O. The first-order chi connectivity index (χ1) is 5.84. The van der Waals surface area contributed by atoms with Crippen LogP contribution in [0, 0.1) is 5.92 Å². The van der Waals surface area contributed by atoms with Crippen LogP contribution in [0.4, 0.5) is 0 Å². The topological polar surface area (TPSA) is 20.2 Å². The van der Waals surface area contributed by atoms with E-state index in [1.807, 2.05) is 0 Å². The van der Waals surface area contributed by atoms with Crippen LogP contribution >= 0.6 is 0 Å². The molecule has 0 aliphatic heterocycles. The van der Waals surface area contributed by atoms with E-state index >= 15 is 0 Å². The molecule has 0 aromatic heterocycles. The van der Waals surface area contributed by atoms with E-state index in [9.17, 15) is 5.11 Å². The Morgan fingerprint density at radius 1 is 1.17 bits per heavy atom. The van der Waals surface area contributed by atoms with Gasteiger partial charge in [-0.15, -0.1) is 0 Å². The molecule has 0 spiro atoms. The van der Waals surface area contributed by atoms with Crippen molar-refractivity contribution in [2.24, 2.45) is 5.92 Å². The largest absolute Gasteiger partial charge is 0.393 e. The molecule has 1 aliphatic rings. The van der Waals surface area contributed by atoms with Crippen molar-refractivity contribution in [1.29, 1.82) is 0 Å². The van der Waals surface area contributed by atoms with Crippen LogP contribution in [0.2, 0.25) is 0 Å². The van der Waals surface area contributed by atoms with E-state index < -0.39 is 0 Å². The van der Waals surface area contributed by atoms with Gasteiger partial charge in [0.2, 0.25) is 0 Å². The molecule has 1 fully saturated rings. The summed E-state index contributed by atoms with van der Waals surface area (Å²) >= 11 is 0. The number of unbranched alkanes of at least 4 members (excludes halogenated alkanes) is 1. The summed E-state index contributed by atoms with van der Waals surface area (Å²) in [5.74, 6) is 0.618. The monoisotopic (exact) mass is 170 g/mol. The molecule has 1 N–H and O–H groups in total. The molecule has 2 atom stereocenters. The van der Waals surface area contributed by atoms with E-state index in [0.29, 0.717) is 5.92 Å². The van der Waals surface area contributed by atoms with Gasteiger partial charge in [-0.1, -0.05) is 39.0 Å². The van der Waals surface area contributed by atoms with Gasteiger partial charge >= 0.3 is 0 Å². The Hall–Kier alpha value is -0.0400. The molecule has 0 radical (unpaired) electrons. The van der Waals surface area contributed by atoms with Crippen molar-refractivity contribution in [1.82, 2.24) is 0 Å². The van der Waals surface area contributed by atoms with Gasteiger partial charge in [-0.05, 0) is 25.2 Å². The third kappa shape index (κ3) is 3.14. The minimum absolute atomic E-state index is 0.0130. The maximum atomic E-state index is 9.78. The molecule has 12 heavy (non-hydrogen) atoms. The summed E-state index contributed by atoms with van der Waals surface area (Å²) in [7, 11) is 0. The van der Waals surface area contributed by atoms with Crippen LogP contribution in [-0.2, 0) is 0 Å². The van der Waals surface area contributed by atoms with Crippen molar-refractivity contribution in [2.45, 2.75) is 64.4 Å². The lowest BCUT2D eigenvalue weighted by Crippen LogP contribution is -2.18. The predicted molar refractivity (Wildman–Crippen MR) is 52.1 cm³/mol. The van der Waals surface area contributed by atoms with Gasteiger partial charge in [-0.3, -0.25) is 0 Å². The number of aliphatic hydroxyl groups excluding tert-OH is 1. The van der Waals surface area contributed by atoms with Crippen molar-refractivity contribution in [3.05, 3.63) is 0 Å². The summed E-state index contributed by atoms with van der Waals surface area (Å²) in [6.07, 6.45) is 10.0. The molecule has 0 amide bonds. The second kappa shape index (κ2) is 5.58. The van der Waals surface area contributed by atoms with E-state index in [2.05, 4.69) is 6.92 Å². The molecule has 0 unspecified atom stereocenters. The second-order valence-electron chi connectivity index (χ2n) is 4.11. The summed E-state index contributed by atoms with van der Waals surface area (Å²) in [4.78, 5) is 0. The Labute approximate surface area is 76.2 Å². The van der Waals surface area contributed by atoms with Gasteiger partial charge in [-0.2, -0.15) is 0 Å². The molecule has 1 heteroatoms. The molecular weight excluding hydrogens is 148 g/mol. The Morgan fingerprint density at radius 2 is 1.92 bits per heavy atom. The first-order valence-electron chi connectivity index (χ1n) is 5.52. The fraction of sp³-hybridized carbons (Fsp3) is 1.00. The van der Waals surface area contributed by atoms with Crippen molar-refractivity contribution < 1.29 is 5.11 Å². The summed E-state index contributed by atoms with van der Waals surface area (Å²) in [6, 6.07) is 0. The lowest BCUT2D eigenvalue weighted by atomic mass is 9.92. The summed E-state index contributed by atoms with van der Waals surface area (Å²) in [6.45, 7) is 2.23. The molecule has 1 rings (SSSR count). The minimum Gasteiger partial charge on any atom is -0.393 e. The van der Waals surface area contributed by atoms with Crippen LogP contribution in [0.15, 0.2) is 0 Å². The molecule has 0 heterocycles. The highest BCUT2D eigenvalue weighted by Crippen LogP contribution is 2.27. The van der Waals surface area contributed by atoms with Gasteiger partial charge in [0.25, 0.3) is 0 Å². The maximum Gasteiger partial charge on any atom is 0.0568 e. The van der Waals surface area contributed by atoms with E-state index in [-0.39, 0.29) is 6.10 Å². The quantitative estimate of drug-likeness (QED) is 0.645. The van der Waals surface area contributed by atoms with Crippen molar-refractivity contribution >= 4 is 0 Å². The Morgan fingerprint density at radius 3 is 2.67 bits per heavy atom. The summed E-state index contributed by atoms with van der Waals surface area (Å²) in [5.41, 5.74) is 0. The molecule has 0 aromatic rings. The van der Waals surface area contributed by atoms with E-state index in [4.69, 9.17) is 0 Å². The fourth-order valence-electron chi connectivity index (χ4n) is 2.17. The first-order valence-corrected chi connectivity index (χ1v) is 5.52. The summed E-state index contributed by atoms with van der Waals surface area (Å²) in [5, 5.41) is 9.78. The maximum absolute atomic E-state index is 9.78. The van der Waals surface area contributed by atoms with E-state index in [1.54, 1.807) is 0 Å². The predicted octanol–water partition coefficient (Wildman–Crippen LogP) is 3.12. The van der Waals surface area contributed by atoms with E-state index in [1.165, 1.54) is 44.9 Å². The minimum atomic E-state index is 0.0130. The highest BCUT2D eigenvalue weighted by molar-refractivity contribution is 4.72. The van der Waals surface area contributed by atoms with Gasteiger partial charge in [0.1, 0.15) is 0 Å². The Kier molecular flexibility index (Phi) is 4.67. The van der Waals surface area contributed by atoms with Crippen molar-refractivity contribution in [2.75, 3.05) is 0 Å². The molecule has 0 aromatic carbocycles. The molecule has 1 saturated carbocycles. The van der Waals surface area contributed by atoms with Gasteiger partial charge in [-0.25, -0.2) is 0 Å². The molecule has 0 bridgehead atoms. The van der Waals surface area contributed by atoms with Crippen LogP contribution in [0.1, 0.15) is 58.3 Å². The van der Waals surface area contributed by atoms with E-state index in [0.717, 1.165) is 6.42 Å². The number of aliphatic hydroxyl groups is 1. The zero-order valence-corrected chi connectivity index (χ0v) is 8.26. The number of hydrogen-bond donors (Lipinski definition) is 1.